The molecule has 0 aliphatic heterocycles. The number of hydrogen-bond donors (Lipinski definition) is 1. The molecule has 0 aromatic carbocycles. The van der Waals surface area contributed by atoms with Gasteiger partial charge in [0.25, 0.3) is 0 Å². The van der Waals surface area contributed by atoms with Gasteiger partial charge in [0.1, 0.15) is 24.7 Å². The van der Waals surface area contributed by atoms with E-state index in [1.807, 2.05) is 13.8 Å². The number of alkyl halides is 4. The zero-order valence-corrected chi connectivity index (χ0v) is 11.4. The molecule has 4 atom stereocenters. The minimum absolute atomic E-state index is 0.0734. The van der Waals surface area contributed by atoms with Crippen LogP contribution in [-0.2, 0) is 0 Å². The first-order valence-corrected chi connectivity index (χ1v) is 6.61. The third-order valence-electron chi connectivity index (χ3n) is 2.85. The van der Waals surface area contributed by atoms with Crippen LogP contribution in [0.4, 0.5) is 17.6 Å². The van der Waals surface area contributed by atoms with Crippen LogP contribution in [0.3, 0.4) is 0 Å². The fourth-order valence-corrected chi connectivity index (χ4v) is 1.49. The van der Waals surface area contributed by atoms with Gasteiger partial charge < -0.3 is 5.32 Å². The molecule has 18 heavy (non-hydrogen) atoms. The van der Waals surface area contributed by atoms with E-state index in [1.54, 1.807) is 0 Å². The maximum Gasteiger partial charge on any atom is 0.143 e. The molecule has 0 aromatic heterocycles. The normalized spacial score (nSPS) is 18.7. The average Bonchev–Trinajstić information content (AvgIpc) is 2.30. The summed E-state index contributed by atoms with van der Waals surface area (Å²) < 4.78 is 52.0. The first-order valence-electron chi connectivity index (χ1n) is 6.61. The quantitative estimate of drug-likeness (QED) is 0.471. The highest BCUT2D eigenvalue weighted by Gasteiger charge is 2.23. The predicted molar refractivity (Wildman–Crippen MR) is 66.8 cm³/mol. The standard InChI is InChI=1S/C13H25F4N/c1-9(2)6-7-18-8-13(17)12(16)5-4-11(15)10(3)14/h9-13,18H,4-8H2,1-3H3. The third-order valence-corrected chi connectivity index (χ3v) is 2.85. The van der Waals surface area contributed by atoms with Crippen LogP contribution in [0.5, 0.6) is 0 Å². The van der Waals surface area contributed by atoms with Gasteiger partial charge in [-0.1, -0.05) is 13.8 Å². The number of nitrogens with one attached hydrogen (secondary N) is 1. The van der Waals surface area contributed by atoms with E-state index in [2.05, 4.69) is 5.32 Å². The van der Waals surface area contributed by atoms with Crippen LogP contribution < -0.4 is 5.32 Å². The Bertz CT molecular complexity index is 199. The van der Waals surface area contributed by atoms with Gasteiger partial charge in [-0.25, -0.2) is 17.6 Å². The number of hydrogen-bond acceptors (Lipinski definition) is 1. The second-order valence-electron chi connectivity index (χ2n) is 5.19. The van der Waals surface area contributed by atoms with Gasteiger partial charge in [0, 0.05) is 6.54 Å². The summed E-state index contributed by atoms with van der Waals surface area (Å²) in [4.78, 5) is 0. The molecule has 110 valence electrons. The van der Waals surface area contributed by atoms with Crippen molar-refractivity contribution in [2.45, 2.75) is 64.7 Å². The summed E-state index contributed by atoms with van der Waals surface area (Å²) in [5.74, 6) is 0.509. The first-order chi connectivity index (χ1) is 8.34. The highest BCUT2D eigenvalue weighted by Crippen LogP contribution is 2.16. The van der Waals surface area contributed by atoms with E-state index in [9.17, 15) is 17.6 Å². The Morgan fingerprint density at radius 2 is 1.33 bits per heavy atom. The molecule has 0 saturated carbocycles. The average molecular weight is 271 g/mol. The molecule has 0 bridgehead atoms. The van der Waals surface area contributed by atoms with Gasteiger partial charge in [0.2, 0.25) is 0 Å². The van der Waals surface area contributed by atoms with Crippen molar-refractivity contribution >= 4 is 0 Å². The van der Waals surface area contributed by atoms with E-state index in [0.29, 0.717) is 12.5 Å². The van der Waals surface area contributed by atoms with Crippen LogP contribution in [0.1, 0.15) is 40.0 Å². The fraction of sp³-hybridized carbons (Fsp3) is 1.00. The van der Waals surface area contributed by atoms with E-state index >= 15 is 0 Å². The van der Waals surface area contributed by atoms with Crippen molar-refractivity contribution in [1.29, 1.82) is 0 Å². The molecule has 0 aliphatic rings. The van der Waals surface area contributed by atoms with Crippen molar-refractivity contribution in [2.24, 2.45) is 5.92 Å². The molecule has 0 spiro atoms. The topological polar surface area (TPSA) is 12.0 Å². The second kappa shape index (κ2) is 9.59. The summed E-state index contributed by atoms with van der Waals surface area (Å²) in [5, 5.41) is 2.82. The predicted octanol–water partition coefficient (Wildman–Crippen LogP) is 3.77. The van der Waals surface area contributed by atoms with Crippen LogP contribution in [0, 0.1) is 5.92 Å². The summed E-state index contributed by atoms with van der Waals surface area (Å²) >= 11 is 0. The molecule has 0 rings (SSSR count). The van der Waals surface area contributed by atoms with Gasteiger partial charge in [-0.05, 0) is 38.6 Å². The largest absolute Gasteiger partial charge is 0.314 e. The van der Waals surface area contributed by atoms with Crippen molar-refractivity contribution in [2.75, 3.05) is 13.1 Å². The zero-order chi connectivity index (χ0) is 14.1. The van der Waals surface area contributed by atoms with E-state index in [4.69, 9.17) is 0 Å². The fourth-order valence-electron chi connectivity index (χ4n) is 1.49. The van der Waals surface area contributed by atoms with Gasteiger partial charge in [0.05, 0.1) is 0 Å². The monoisotopic (exact) mass is 271 g/mol. The molecule has 0 aromatic rings. The van der Waals surface area contributed by atoms with E-state index in [1.165, 1.54) is 0 Å². The SMILES string of the molecule is CC(C)CCNCC(F)C(F)CCC(F)C(C)F. The molecule has 4 unspecified atom stereocenters. The molecular formula is C13H25F4N. The summed E-state index contributed by atoms with van der Waals surface area (Å²) in [6.45, 7) is 5.74. The first kappa shape index (κ1) is 17.7. The third kappa shape index (κ3) is 8.72. The molecule has 0 fully saturated rings. The molecule has 1 N–H and O–H groups in total. The van der Waals surface area contributed by atoms with Gasteiger partial charge in [-0.3, -0.25) is 0 Å². The maximum atomic E-state index is 13.3. The van der Waals surface area contributed by atoms with E-state index < -0.39 is 24.7 Å². The van der Waals surface area contributed by atoms with Crippen LogP contribution in [0.25, 0.3) is 0 Å². The Morgan fingerprint density at radius 1 is 0.778 bits per heavy atom. The molecule has 0 amide bonds. The van der Waals surface area contributed by atoms with Crippen molar-refractivity contribution in [3.63, 3.8) is 0 Å². The van der Waals surface area contributed by atoms with Gasteiger partial charge in [-0.2, -0.15) is 0 Å². The maximum absolute atomic E-state index is 13.3. The van der Waals surface area contributed by atoms with E-state index in [-0.39, 0.29) is 19.4 Å². The van der Waals surface area contributed by atoms with Crippen molar-refractivity contribution in [1.82, 2.24) is 5.32 Å². The van der Waals surface area contributed by atoms with E-state index in [0.717, 1.165) is 13.3 Å². The van der Waals surface area contributed by atoms with Crippen LogP contribution in [-0.4, -0.2) is 37.8 Å². The number of rotatable bonds is 10. The highest BCUT2D eigenvalue weighted by molar-refractivity contribution is 4.74. The molecule has 0 heterocycles. The summed E-state index contributed by atoms with van der Waals surface area (Å²) in [7, 11) is 0. The Balaban J connectivity index is 3.66. The second-order valence-corrected chi connectivity index (χ2v) is 5.19. The van der Waals surface area contributed by atoms with Crippen LogP contribution in [0.2, 0.25) is 0 Å². The molecule has 0 saturated heterocycles. The zero-order valence-electron chi connectivity index (χ0n) is 11.4. The molecule has 0 radical (unpaired) electrons. The Hall–Kier alpha value is -0.320. The van der Waals surface area contributed by atoms with Gasteiger partial charge in [-0.15, -0.1) is 0 Å². The molecule has 1 nitrogen and oxygen atoms in total. The minimum Gasteiger partial charge on any atom is -0.314 e. The minimum atomic E-state index is -1.73. The van der Waals surface area contributed by atoms with Gasteiger partial charge >= 0.3 is 0 Å². The lowest BCUT2D eigenvalue weighted by Crippen LogP contribution is -2.32. The molecular weight excluding hydrogens is 246 g/mol. The van der Waals surface area contributed by atoms with Crippen molar-refractivity contribution < 1.29 is 17.6 Å². The van der Waals surface area contributed by atoms with Crippen molar-refractivity contribution in [3.05, 3.63) is 0 Å². The smallest absolute Gasteiger partial charge is 0.143 e. The van der Waals surface area contributed by atoms with Crippen LogP contribution in [0.15, 0.2) is 0 Å². The summed E-state index contributed by atoms with van der Waals surface area (Å²) in [6.07, 6.45) is -6.36. The lowest BCUT2D eigenvalue weighted by molar-refractivity contribution is 0.119. The van der Waals surface area contributed by atoms with Crippen LogP contribution >= 0.6 is 0 Å². The lowest BCUT2D eigenvalue weighted by atomic mass is 10.1. The molecule has 0 aliphatic carbocycles. The Labute approximate surface area is 107 Å². The highest BCUT2D eigenvalue weighted by atomic mass is 19.2. The Morgan fingerprint density at radius 3 is 1.83 bits per heavy atom. The Kier molecular flexibility index (Phi) is 9.42. The molecule has 5 heteroatoms. The van der Waals surface area contributed by atoms with Crippen molar-refractivity contribution in [3.8, 4) is 0 Å². The summed E-state index contributed by atoms with van der Waals surface area (Å²) in [6, 6.07) is 0. The summed E-state index contributed by atoms with van der Waals surface area (Å²) in [5.41, 5.74) is 0. The lowest BCUT2D eigenvalue weighted by Gasteiger charge is -2.16. The van der Waals surface area contributed by atoms with Gasteiger partial charge in [0.15, 0.2) is 0 Å². The number of halogens is 4.